The number of hydrogen-bond acceptors (Lipinski definition) is 6. The molecule has 0 saturated carbocycles. The van der Waals surface area contributed by atoms with Crippen LogP contribution in [0.1, 0.15) is 5.56 Å². The summed E-state index contributed by atoms with van der Waals surface area (Å²) in [5.41, 5.74) is 1.12. The Bertz CT molecular complexity index is 960. The lowest BCUT2D eigenvalue weighted by Crippen LogP contribution is -2.37. The van der Waals surface area contributed by atoms with Crippen LogP contribution in [-0.2, 0) is 14.3 Å². The highest BCUT2D eigenvalue weighted by molar-refractivity contribution is 6.30. The lowest BCUT2D eigenvalue weighted by atomic mass is 10.2. The van der Waals surface area contributed by atoms with Crippen LogP contribution in [0.4, 0.5) is 10.5 Å². The van der Waals surface area contributed by atoms with E-state index in [-0.39, 0.29) is 0 Å². The molecule has 0 fully saturated rings. The Morgan fingerprint density at radius 2 is 1.86 bits per heavy atom. The van der Waals surface area contributed by atoms with E-state index in [1.807, 2.05) is 0 Å². The van der Waals surface area contributed by atoms with E-state index in [9.17, 15) is 14.4 Å². The van der Waals surface area contributed by atoms with Crippen molar-refractivity contribution in [1.29, 1.82) is 0 Å². The van der Waals surface area contributed by atoms with E-state index in [0.717, 1.165) is 6.08 Å². The summed E-state index contributed by atoms with van der Waals surface area (Å²) in [4.78, 5) is 35.3. The van der Waals surface area contributed by atoms with Crippen LogP contribution < -0.4 is 20.1 Å². The second-order valence-electron chi connectivity index (χ2n) is 5.86. The molecule has 1 aliphatic heterocycles. The summed E-state index contributed by atoms with van der Waals surface area (Å²) in [6.45, 7) is 0.271. The molecule has 3 amide bonds. The highest BCUT2D eigenvalue weighted by Crippen LogP contribution is 2.32. The number of carbonyl (C=O) groups excluding carboxylic acids is 3. The standard InChI is InChI=1S/C20H17ClN2O6/c21-14-3-1-2-13(10-14)4-7-19(25)29-12-18(24)23-20(26)22-15-5-6-16-17(11-15)28-9-8-27-16/h1-7,10-11H,8-9,12H2,(H2,22,23,24,26)/b7-4+. The van der Waals surface area contributed by atoms with Crippen LogP contribution in [0, 0.1) is 0 Å². The van der Waals surface area contributed by atoms with Crippen molar-refractivity contribution in [3.63, 3.8) is 0 Å². The zero-order valence-electron chi connectivity index (χ0n) is 15.1. The number of urea groups is 1. The predicted molar refractivity (Wildman–Crippen MR) is 106 cm³/mol. The number of imide groups is 1. The molecule has 1 heterocycles. The first kappa shape index (κ1) is 20.2. The van der Waals surface area contributed by atoms with Crippen molar-refractivity contribution in [3.8, 4) is 11.5 Å². The number of nitrogens with one attached hydrogen (secondary N) is 2. The first-order chi connectivity index (χ1) is 14.0. The Labute approximate surface area is 171 Å². The molecule has 2 aromatic rings. The van der Waals surface area contributed by atoms with E-state index in [1.54, 1.807) is 42.5 Å². The molecule has 0 atom stereocenters. The monoisotopic (exact) mass is 416 g/mol. The topological polar surface area (TPSA) is 103 Å². The minimum absolute atomic E-state index is 0.415. The maximum atomic E-state index is 11.9. The van der Waals surface area contributed by atoms with Gasteiger partial charge in [-0.25, -0.2) is 9.59 Å². The Kier molecular flexibility index (Phi) is 6.70. The van der Waals surface area contributed by atoms with Gasteiger partial charge in [-0.15, -0.1) is 0 Å². The van der Waals surface area contributed by atoms with Gasteiger partial charge in [0.25, 0.3) is 5.91 Å². The molecule has 0 saturated heterocycles. The second kappa shape index (κ2) is 9.61. The van der Waals surface area contributed by atoms with E-state index < -0.39 is 24.5 Å². The molecule has 0 bridgehead atoms. The van der Waals surface area contributed by atoms with Gasteiger partial charge in [0.05, 0.1) is 0 Å². The van der Waals surface area contributed by atoms with Crippen LogP contribution in [-0.4, -0.2) is 37.7 Å². The lowest BCUT2D eigenvalue weighted by Gasteiger charge is -2.19. The minimum Gasteiger partial charge on any atom is -0.486 e. The summed E-state index contributed by atoms with van der Waals surface area (Å²) >= 11 is 5.85. The number of ether oxygens (including phenoxy) is 3. The third-order valence-corrected chi connectivity index (χ3v) is 3.89. The fourth-order valence-corrected chi connectivity index (χ4v) is 2.60. The highest BCUT2D eigenvalue weighted by atomic mass is 35.5. The van der Waals surface area contributed by atoms with Gasteiger partial charge in [0.2, 0.25) is 0 Å². The molecule has 0 spiro atoms. The molecule has 0 aromatic heterocycles. The number of hydrogen-bond donors (Lipinski definition) is 2. The number of carbonyl (C=O) groups is 3. The number of amides is 3. The van der Waals surface area contributed by atoms with Gasteiger partial charge in [0.15, 0.2) is 18.1 Å². The van der Waals surface area contributed by atoms with Gasteiger partial charge in [-0.3, -0.25) is 10.1 Å². The minimum atomic E-state index is -0.774. The lowest BCUT2D eigenvalue weighted by molar-refractivity contribution is -0.143. The van der Waals surface area contributed by atoms with E-state index in [2.05, 4.69) is 10.6 Å². The summed E-state index contributed by atoms with van der Waals surface area (Å²) in [6, 6.07) is 10.9. The van der Waals surface area contributed by atoms with E-state index in [4.69, 9.17) is 25.8 Å². The molecule has 2 N–H and O–H groups in total. The Hall–Kier alpha value is -3.52. The zero-order valence-corrected chi connectivity index (χ0v) is 15.9. The van der Waals surface area contributed by atoms with E-state index >= 15 is 0 Å². The molecule has 29 heavy (non-hydrogen) atoms. The molecule has 150 valence electrons. The summed E-state index contributed by atoms with van der Waals surface area (Å²) in [7, 11) is 0. The van der Waals surface area contributed by atoms with Crippen LogP contribution in [0.2, 0.25) is 5.02 Å². The third-order valence-electron chi connectivity index (χ3n) is 3.66. The van der Waals surface area contributed by atoms with Crippen molar-refractivity contribution < 1.29 is 28.6 Å². The number of esters is 1. The first-order valence-electron chi connectivity index (χ1n) is 8.60. The van der Waals surface area contributed by atoms with E-state index in [0.29, 0.717) is 41.0 Å². The molecule has 1 aliphatic rings. The van der Waals surface area contributed by atoms with Crippen molar-refractivity contribution in [3.05, 3.63) is 59.1 Å². The Morgan fingerprint density at radius 3 is 2.66 bits per heavy atom. The summed E-state index contributed by atoms with van der Waals surface area (Å²) < 4.78 is 15.6. The maximum Gasteiger partial charge on any atom is 0.331 e. The first-order valence-corrected chi connectivity index (χ1v) is 8.98. The molecule has 0 radical (unpaired) electrons. The van der Waals surface area contributed by atoms with Gasteiger partial charge in [0, 0.05) is 22.9 Å². The van der Waals surface area contributed by atoms with Gasteiger partial charge in [-0.1, -0.05) is 23.7 Å². The second-order valence-corrected chi connectivity index (χ2v) is 6.29. The van der Waals surface area contributed by atoms with Crippen molar-refractivity contribution in [1.82, 2.24) is 5.32 Å². The summed E-state index contributed by atoms with van der Waals surface area (Å²) in [6.07, 6.45) is 2.66. The van der Waals surface area contributed by atoms with Crippen molar-refractivity contribution >= 4 is 41.3 Å². The van der Waals surface area contributed by atoms with Crippen LogP contribution in [0.25, 0.3) is 6.08 Å². The van der Waals surface area contributed by atoms with Gasteiger partial charge in [-0.05, 0) is 35.9 Å². The fraction of sp³-hybridized carbons (Fsp3) is 0.150. The number of fused-ring (bicyclic) bond motifs is 1. The molecule has 9 heteroatoms. The smallest absolute Gasteiger partial charge is 0.331 e. The Morgan fingerprint density at radius 1 is 1.07 bits per heavy atom. The zero-order chi connectivity index (χ0) is 20.6. The normalized spacial score (nSPS) is 12.3. The number of rotatable bonds is 5. The molecule has 3 rings (SSSR count). The average Bonchev–Trinajstić information content (AvgIpc) is 2.70. The summed E-state index contributed by atoms with van der Waals surface area (Å²) in [5.74, 6) is -0.422. The molecular formula is C20H17ClN2O6. The van der Waals surface area contributed by atoms with Crippen molar-refractivity contribution in [2.24, 2.45) is 0 Å². The molecular weight excluding hydrogens is 400 g/mol. The number of benzene rings is 2. The van der Waals surface area contributed by atoms with Crippen molar-refractivity contribution in [2.75, 3.05) is 25.1 Å². The third kappa shape index (κ3) is 6.25. The van der Waals surface area contributed by atoms with Gasteiger partial charge < -0.3 is 19.5 Å². The van der Waals surface area contributed by atoms with Crippen molar-refractivity contribution in [2.45, 2.75) is 0 Å². The van der Waals surface area contributed by atoms with E-state index in [1.165, 1.54) is 6.08 Å². The fourth-order valence-electron chi connectivity index (χ4n) is 2.41. The number of halogens is 1. The van der Waals surface area contributed by atoms with Crippen LogP contribution >= 0.6 is 11.6 Å². The molecule has 8 nitrogen and oxygen atoms in total. The van der Waals surface area contributed by atoms with Gasteiger partial charge in [0.1, 0.15) is 13.2 Å². The van der Waals surface area contributed by atoms with Crippen LogP contribution in [0.5, 0.6) is 11.5 Å². The quantitative estimate of drug-likeness (QED) is 0.573. The number of anilines is 1. The largest absolute Gasteiger partial charge is 0.486 e. The predicted octanol–water partition coefficient (Wildman–Crippen LogP) is 3.02. The molecule has 2 aromatic carbocycles. The maximum absolute atomic E-state index is 11.9. The van der Waals surface area contributed by atoms with Crippen LogP contribution in [0.15, 0.2) is 48.5 Å². The van der Waals surface area contributed by atoms with Crippen LogP contribution in [0.3, 0.4) is 0 Å². The SMILES string of the molecule is O=C(COC(=O)/C=C/c1cccc(Cl)c1)NC(=O)Nc1ccc2c(c1)OCCO2. The van der Waals surface area contributed by atoms with Gasteiger partial charge in [-0.2, -0.15) is 0 Å². The Balaban J connectivity index is 1.43. The van der Waals surface area contributed by atoms with Gasteiger partial charge >= 0.3 is 12.0 Å². The summed E-state index contributed by atoms with van der Waals surface area (Å²) in [5, 5.41) is 5.09. The molecule has 0 aliphatic carbocycles. The highest BCUT2D eigenvalue weighted by Gasteiger charge is 2.14. The molecule has 0 unspecified atom stereocenters. The average molecular weight is 417 g/mol.